The molecule has 0 heterocycles. The summed E-state index contributed by atoms with van der Waals surface area (Å²) in [4.78, 5) is 0. The molecule has 2 atom stereocenters. The fraction of sp³-hybridized carbons (Fsp3) is 0.182. The molecule has 0 saturated carbocycles. The summed E-state index contributed by atoms with van der Waals surface area (Å²) in [7, 11) is 11.9. The van der Waals surface area contributed by atoms with Crippen molar-refractivity contribution in [1.82, 2.24) is 0 Å². The van der Waals surface area contributed by atoms with E-state index in [9.17, 15) is 0 Å². The molecule has 11 heteroatoms. The van der Waals surface area contributed by atoms with E-state index < -0.39 is 12.6 Å². The van der Waals surface area contributed by atoms with Crippen LogP contribution in [0.2, 0.25) is 0 Å². The van der Waals surface area contributed by atoms with E-state index in [-0.39, 0.29) is 19.5 Å². The van der Waals surface area contributed by atoms with E-state index >= 15 is 0 Å². The van der Waals surface area contributed by atoms with Crippen molar-refractivity contribution in [3.05, 3.63) is 170 Å². The molecule has 1 radical (unpaired) electrons. The molecule has 0 spiro atoms. The predicted molar refractivity (Wildman–Crippen MR) is 230 cm³/mol. The molecule has 0 bridgehead atoms. The van der Waals surface area contributed by atoms with Crippen LogP contribution in [0.4, 0.5) is 0 Å². The molecule has 0 saturated heterocycles. The van der Waals surface area contributed by atoms with Gasteiger partial charge in [-0.1, -0.05) is 146 Å². The van der Waals surface area contributed by atoms with Crippen LogP contribution in [0.1, 0.15) is 13.8 Å². The van der Waals surface area contributed by atoms with Crippen molar-refractivity contribution in [1.29, 1.82) is 0 Å². The molecule has 0 aliphatic rings. The van der Waals surface area contributed by atoms with Gasteiger partial charge < -0.3 is 39.4 Å². The Balaban J connectivity index is 0. The SMILES string of the molecule is CC(O)O.CC(O)O.COc1cc(P)c(-c2cc(P)c(OC)cc2OC)c(OC)c1.[Ru+3].c1ccccc1.c1ccccc1.c1ccccc1.c1ccccc1. The normalized spacial score (nSPS) is 8.91. The number of ether oxygens (including phenoxy) is 4. The van der Waals surface area contributed by atoms with Gasteiger partial charge in [-0.2, -0.15) is 0 Å². The summed E-state index contributed by atoms with van der Waals surface area (Å²) >= 11 is 0. The van der Waals surface area contributed by atoms with Crippen molar-refractivity contribution in [3.63, 3.8) is 0 Å². The molecule has 4 N–H and O–H groups in total. The van der Waals surface area contributed by atoms with Gasteiger partial charge in [0.2, 0.25) is 0 Å². The molecule has 0 aromatic heterocycles. The monoisotopic (exact) mass is 876 g/mol. The molecule has 6 aromatic rings. The van der Waals surface area contributed by atoms with Crippen LogP contribution in [-0.4, -0.2) is 61.4 Å². The molecule has 0 amide bonds. The van der Waals surface area contributed by atoms with Crippen molar-refractivity contribution < 1.29 is 58.9 Å². The van der Waals surface area contributed by atoms with Crippen molar-refractivity contribution in [2.75, 3.05) is 28.4 Å². The minimum atomic E-state index is -1.17. The van der Waals surface area contributed by atoms with Crippen molar-refractivity contribution >= 4 is 29.1 Å². The summed E-state index contributed by atoms with van der Waals surface area (Å²) in [5.74, 6) is 2.93. The third-order valence-corrected chi connectivity index (χ3v) is 6.96. The number of rotatable bonds is 5. The molecule has 295 valence electrons. The quantitative estimate of drug-likeness (QED) is 0.0790. The average Bonchev–Trinajstić information content (AvgIpc) is 3.20. The molecule has 2 unspecified atom stereocenters. The number of benzene rings is 6. The minimum Gasteiger partial charge on any atom is -0.497 e. The van der Waals surface area contributed by atoms with Crippen LogP contribution in [-0.2, 0) is 19.5 Å². The largest absolute Gasteiger partial charge is 3.00 e. The predicted octanol–water partition coefficient (Wildman–Crippen LogP) is 7.77. The maximum atomic E-state index is 7.61. The second kappa shape index (κ2) is 35.5. The van der Waals surface area contributed by atoms with E-state index in [2.05, 4.69) is 18.5 Å². The van der Waals surface area contributed by atoms with Gasteiger partial charge in [-0.3, -0.25) is 0 Å². The zero-order valence-electron chi connectivity index (χ0n) is 32.3. The Morgan fingerprint density at radius 2 is 0.655 bits per heavy atom. The first kappa shape index (κ1) is 52.9. The molecule has 8 nitrogen and oxygen atoms in total. The second-order valence-corrected chi connectivity index (χ2v) is 11.7. The Hall–Kier alpha value is -4.16. The minimum absolute atomic E-state index is 0. The van der Waals surface area contributed by atoms with Crippen molar-refractivity contribution in [2.45, 2.75) is 26.4 Å². The van der Waals surface area contributed by atoms with Gasteiger partial charge in [0.15, 0.2) is 0 Å². The number of hydrogen-bond donors (Lipinski definition) is 4. The molecular formula is C44H56O8P2Ru+3. The van der Waals surface area contributed by atoms with Gasteiger partial charge in [-0.15, -0.1) is 18.5 Å². The molecule has 0 fully saturated rings. The van der Waals surface area contributed by atoms with Crippen molar-refractivity contribution in [3.8, 4) is 34.1 Å². The molecule has 6 aromatic carbocycles. The van der Waals surface area contributed by atoms with Crippen LogP contribution in [0.25, 0.3) is 11.1 Å². The molecule has 0 aliphatic carbocycles. The van der Waals surface area contributed by atoms with Gasteiger partial charge in [-0.25, -0.2) is 0 Å². The second-order valence-electron chi connectivity index (χ2n) is 10.5. The molecule has 6 rings (SSSR count). The van der Waals surface area contributed by atoms with Crippen LogP contribution in [0.3, 0.4) is 0 Å². The van der Waals surface area contributed by atoms with Crippen LogP contribution in [0.5, 0.6) is 23.0 Å². The summed E-state index contributed by atoms with van der Waals surface area (Å²) in [6, 6.07) is 55.7. The Labute approximate surface area is 345 Å². The molecule has 55 heavy (non-hydrogen) atoms. The van der Waals surface area contributed by atoms with Gasteiger partial charge in [0.05, 0.1) is 28.4 Å². The van der Waals surface area contributed by atoms with Crippen LogP contribution in [0.15, 0.2) is 170 Å². The van der Waals surface area contributed by atoms with Crippen LogP contribution in [0, 0.1) is 0 Å². The average molecular weight is 876 g/mol. The standard InChI is InChI=1S/C16H20O4P2.4C6H6.2C2H6O2.Ru/c1-17-9-5-13(20-4)16(15(22)6-9)10-7-14(21)12(19-3)8-11(10)18-2;4*1-2-4-6-5-3-1;2*1-2(3)4;/h5-8H,21-22H2,1-4H3;4*1-6H;2*2-4H,1H3;/q;;;;;;;+3. The van der Waals surface area contributed by atoms with E-state index in [0.29, 0.717) is 0 Å². The summed E-state index contributed by atoms with van der Waals surface area (Å²) in [5.41, 5.74) is 1.87. The van der Waals surface area contributed by atoms with E-state index in [1.165, 1.54) is 13.8 Å². The summed E-state index contributed by atoms with van der Waals surface area (Å²) in [5, 5.41) is 32.4. The van der Waals surface area contributed by atoms with Gasteiger partial charge in [0.1, 0.15) is 35.6 Å². The number of hydrogen-bond acceptors (Lipinski definition) is 8. The van der Waals surface area contributed by atoms with E-state index in [1.807, 2.05) is 170 Å². The topological polar surface area (TPSA) is 118 Å². The molecular weight excluding hydrogens is 819 g/mol. The number of methoxy groups -OCH3 is 4. The third kappa shape index (κ3) is 28.0. The van der Waals surface area contributed by atoms with Gasteiger partial charge in [-0.05, 0) is 31.3 Å². The fourth-order valence-electron chi connectivity index (χ4n) is 3.84. The smallest absolute Gasteiger partial charge is 0.497 e. The third-order valence-electron chi connectivity index (χ3n) is 6.05. The first-order chi connectivity index (χ1) is 26.0. The van der Waals surface area contributed by atoms with Gasteiger partial charge in [0.25, 0.3) is 0 Å². The Kier molecular flexibility index (Phi) is 34.2. The number of aliphatic hydroxyl groups is 4. The van der Waals surface area contributed by atoms with E-state index in [0.717, 1.165) is 44.7 Å². The maximum absolute atomic E-state index is 7.61. The first-order valence-corrected chi connectivity index (χ1v) is 17.9. The van der Waals surface area contributed by atoms with Crippen molar-refractivity contribution in [2.24, 2.45) is 0 Å². The van der Waals surface area contributed by atoms with Gasteiger partial charge >= 0.3 is 19.5 Å². The fourth-order valence-corrected chi connectivity index (χ4v) is 4.67. The van der Waals surface area contributed by atoms with Gasteiger partial charge in [0, 0.05) is 28.6 Å². The zero-order chi connectivity index (χ0) is 40.4. The summed E-state index contributed by atoms with van der Waals surface area (Å²) in [6.07, 6.45) is -2.33. The zero-order valence-corrected chi connectivity index (χ0v) is 36.3. The maximum Gasteiger partial charge on any atom is 3.00 e. The summed E-state index contributed by atoms with van der Waals surface area (Å²) < 4.78 is 21.7. The summed E-state index contributed by atoms with van der Waals surface area (Å²) in [6.45, 7) is 2.56. The molecule has 0 aliphatic heterocycles. The Bertz CT molecular complexity index is 1460. The van der Waals surface area contributed by atoms with Crippen LogP contribution >= 0.6 is 18.5 Å². The van der Waals surface area contributed by atoms with E-state index in [1.54, 1.807) is 28.4 Å². The first-order valence-electron chi connectivity index (χ1n) is 16.8. The Morgan fingerprint density at radius 1 is 0.382 bits per heavy atom. The Morgan fingerprint density at radius 3 is 0.891 bits per heavy atom. The van der Waals surface area contributed by atoms with E-state index in [4.69, 9.17) is 39.4 Å². The number of aliphatic hydroxyl groups excluding tert-OH is 2. The van der Waals surface area contributed by atoms with Crippen LogP contribution < -0.4 is 29.6 Å².